The van der Waals surface area contributed by atoms with Gasteiger partial charge in [0, 0.05) is 4.88 Å². The quantitative estimate of drug-likeness (QED) is 0.726. The molecule has 0 aliphatic carbocycles. The number of aliphatic hydroxyl groups is 1. The molecule has 0 aromatic carbocycles. The Kier molecular flexibility index (Phi) is 3.23. The van der Waals surface area contributed by atoms with Crippen LogP contribution >= 0.6 is 11.3 Å². The molecule has 64 valence electrons. The summed E-state index contributed by atoms with van der Waals surface area (Å²) in [6.45, 7) is -0.0529. The topological polar surface area (TPSA) is 70.0 Å². The number of thiophene rings is 1. The molecule has 0 spiro atoms. The molecule has 0 fully saturated rings. The van der Waals surface area contributed by atoms with Gasteiger partial charge in [0.1, 0.15) is 0 Å². The average molecular weight is 182 g/mol. The van der Waals surface area contributed by atoms with Crippen LogP contribution in [0.15, 0.2) is 11.4 Å². The molecule has 1 atom stereocenters. The molecule has 1 rings (SSSR count). The van der Waals surface area contributed by atoms with Crippen LogP contribution in [0.1, 0.15) is 16.5 Å². The number of aliphatic hydroxyl groups excluding tert-OH is 1. The monoisotopic (exact) mass is 182 g/mol. The lowest BCUT2D eigenvalue weighted by molar-refractivity contribution is 0.268. The smallest absolute Gasteiger partial charge is 0.0695 e. The fourth-order valence-corrected chi connectivity index (χ4v) is 1.75. The Hall–Kier alpha value is -0.890. The second kappa shape index (κ2) is 4.21. The van der Waals surface area contributed by atoms with Gasteiger partial charge < -0.3 is 10.8 Å². The lowest BCUT2D eigenvalue weighted by Gasteiger charge is -2.02. The van der Waals surface area contributed by atoms with Crippen LogP contribution in [-0.4, -0.2) is 11.7 Å². The maximum absolute atomic E-state index is 8.74. The van der Waals surface area contributed by atoms with Gasteiger partial charge in [-0.25, -0.2) is 0 Å². The summed E-state index contributed by atoms with van der Waals surface area (Å²) in [5, 5.41) is 19.0. The highest BCUT2D eigenvalue weighted by atomic mass is 32.1. The lowest BCUT2D eigenvalue weighted by atomic mass is 10.1. The first-order valence-electron chi connectivity index (χ1n) is 3.58. The maximum atomic E-state index is 8.74. The third-order valence-electron chi connectivity index (χ3n) is 1.55. The standard InChI is InChI=1S/C8H10N2OS/c9-2-1-7-3-6(5-12-7)8(10)4-11/h3,5,8,11H,1,4,10H2. The first-order valence-corrected chi connectivity index (χ1v) is 4.46. The first kappa shape index (κ1) is 9.20. The van der Waals surface area contributed by atoms with Gasteiger partial charge in [-0.3, -0.25) is 0 Å². The molecule has 1 aromatic rings. The predicted octanol–water partition coefficient (Wildman–Crippen LogP) is 0.806. The molecule has 1 aromatic heterocycles. The number of hydrogen-bond donors (Lipinski definition) is 2. The van der Waals surface area contributed by atoms with E-state index in [2.05, 4.69) is 6.07 Å². The largest absolute Gasteiger partial charge is 0.394 e. The van der Waals surface area contributed by atoms with Crippen molar-refractivity contribution in [2.24, 2.45) is 5.73 Å². The van der Waals surface area contributed by atoms with Crippen LogP contribution < -0.4 is 5.73 Å². The van der Waals surface area contributed by atoms with Gasteiger partial charge >= 0.3 is 0 Å². The summed E-state index contributed by atoms with van der Waals surface area (Å²) < 4.78 is 0. The van der Waals surface area contributed by atoms with Gasteiger partial charge in [0.2, 0.25) is 0 Å². The molecule has 4 heteroatoms. The minimum atomic E-state index is -0.311. The summed E-state index contributed by atoms with van der Waals surface area (Å²) in [4.78, 5) is 0.997. The fraction of sp³-hybridized carbons (Fsp3) is 0.375. The molecule has 0 saturated heterocycles. The fourth-order valence-electron chi connectivity index (χ4n) is 0.868. The van der Waals surface area contributed by atoms with E-state index in [-0.39, 0.29) is 12.6 Å². The van der Waals surface area contributed by atoms with E-state index in [1.165, 1.54) is 11.3 Å². The van der Waals surface area contributed by atoms with Gasteiger partial charge in [0.15, 0.2) is 0 Å². The van der Waals surface area contributed by atoms with E-state index in [4.69, 9.17) is 16.1 Å². The van der Waals surface area contributed by atoms with E-state index < -0.39 is 0 Å². The Labute approximate surface area is 75.1 Å². The molecule has 0 saturated carbocycles. The highest BCUT2D eigenvalue weighted by Gasteiger charge is 2.06. The third kappa shape index (κ3) is 2.05. The summed E-state index contributed by atoms with van der Waals surface area (Å²) in [7, 11) is 0. The Balaban J connectivity index is 2.71. The van der Waals surface area contributed by atoms with Gasteiger partial charge in [-0.2, -0.15) is 5.26 Å². The first-order chi connectivity index (χ1) is 5.77. The zero-order valence-electron chi connectivity index (χ0n) is 6.53. The molecule has 1 unspecified atom stereocenters. The number of nitrogens with two attached hydrogens (primary N) is 1. The van der Waals surface area contributed by atoms with Crippen LogP contribution in [0.5, 0.6) is 0 Å². The number of rotatable bonds is 3. The van der Waals surface area contributed by atoms with Crippen LogP contribution in [0.2, 0.25) is 0 Å². The number of hydrogen-bond acceptors (Lipinski definition) is 4. The molecule has 0 radical (unpaired) electrons. The highest BCUT2D eigenvalue weighted by Crippen LogP contribution is 2.19. The summed E-state index contributed by atoms with van der Waals surface area (Å²) in [5.74, 6) is 0. The van der Waals surface area contributed by atoms with Crippen molar-refractivity contribution in [2.45, 2.75) is 12.5 Å². The lowest BCUT2D eigenvalue weighted by Crippen LogP contribution is -2.13. The molecular weight excluding hydrogens is 172 g/mol. The summed E-state index contributed by atoms with van der Waals surface area (Å²) >= 11 is 1.50. The van der Waals surface area contributed by atoms with Crippen molar-refractivity contribution in [1.82, 2.24) is 0 Å². The molecule has 12 heavy (non-hydrogen) atoms. The third-order valence-corrected chi connectivity index (χ3v) is 2.51. The van der Waals surface area contributed by atoms with E-state index in [1.54, 1.807) is 0 Å². The minimum absolute atomic E-state index is 0.0529. The van der Waals surface area contributed by atoms with Crippen molar-refractivity contribution in [3.8, 4) is 6.07 Å². The van der Waals surface area contributed by atoms with Crippen molar-refractivity contribution in [3.05, 3.63) is 21.9 Å². The predicted molar refractivity (Wildman–Crippen MR) is 47.7 cm³/mol. The van der Waals surface area contributed by atoms with E-state index in [9.17, 15) is 0 Å². The van der Waals surface area contributed by atoms with Crippen molar-refractivity contribution < 1.29 is 5.11 Å². The van der Waals surface area contributed by atoms with Crippen molar-refractivity contribution in [1.29, 1.82) is 5.26 Å². The van der Waals surface area contributed by atoms with Crippen molar-refractivity contribution in [2.75, 3.05) is 6.61 Å². The van der Waals surface area contributed by atoms with Crippen LogP contribution in [0, 0.1) is 11.3 Å². The molecule has 0 bridgehead atoms. The van der Waals surface area contributed by atoms with E-state index in [0.717, 1.165) is 10.4 Å². The average Bonchev–Trinajstić information content (AvgIpc) is 2.52. The SMILES string of the molecule is N#CCc1cc(C(N)CO)cs1. The van der Waals surface area contributed by atoms with E-state index >= 15 is 0 Å². The Morgan fingerprint density at radius 3 is 3.08 bits per heavy atom. The normalized spacial score (nSPS) is 12.4. The van der Waals surface area contributed by atoms with Gasteiger partial charge in [-0.1, -0.05) is 0 Å². The van der Waals surface area contributed by atoms with Crippen LogP contribution in [0.25, 0.3) is 0 Å². The molecule has 0 aliphatic heterocycles. The van der Waals surface area contributed by atoms with Crippen molar-refractivity contribution >= 4 is 11.3 Å². The maximum Gasteiger partial charge on any atom is 0.0695 e. The molecule has 0 aliphatic rings. The summed E-state index contributed by atoms with van der Waals surface area (Å²) in [6, 6.07) is 3.62. The van der Waals surface area contributed by atoms with Crippen LogP contribution in [0.4, 0.5) is 0 Å². The second-order valence-electron chi connectivity index (χ2n) is 2.47. The van der Waals surface area contributed by atoms with Gasteiger partial charge in [0.25, 0.3) is 0 Å². The van der Waals surface area contributed by atoms with E-state index in [1.807, 2.05) is 11.4 Å². The Bertz CT molecular complexity index is 289. The van der Waals surface area contributed by atoms with Gasteiger partial charge in [-0.05, 0) is 17.0 Å². The molecule has 3 N–H and O–H groups in total. The Morgan fingerprint density at radius 2 is 2.50 bits per heavy atom. The Morgan fingerprint density at radius 1 is 1.75 bits per heavy atom. The summed E-state index contributed by atoms with van der Waals surface area (Å²) in [5.41, 5.74) is 6.49. The van der Waals surface area contributed by atoms with Gasteiger partial charge in [-0.15, -0.1) is 11.3 Å². The molecule has 0 amide bonds. The second-order valence-corrected chi connectivity index (χ2v) is 3.47. The van der Waals surface area contributed by atoms with Gasteiger partial charge in [0.05, 0.1) is 25.1 Å². The number of nitrogens with zero attached hydrogens (tertiary/aromatic N) is 1. The minimum Gasteiger partial charge on any atom is -0.394 e. The summed E-state index contributed by atoms with van der Waals surface area (Å²) in [6.07, 6.45) is 0.419. The zero-order valence-corrected chi connectivity index (χ0v) is 7.34. The molecular formula is C8H10N2OS. The molecule has 1 heterocycles. The van der Waals surface area contributed by atoms with Crippen LogP contribution in [0.3, 0.4) is 0 Å². The van der Waals surface area contributed by atoms with Crippen molar-refractivity contribution in [3.63, 3.8) is 0 Å². The highest BCUT2D eigenvalue weighted by molar-refractivity contribution is 7.10. The van der Waals surface area contributed by atoms with E-state index in [0.29, 0.717) is 6.42 Å². The molecule has 3 nitrogen and oxygen atoms in total. The number of nitriles is 1. The van der Waals surface area contributed by atoms with Crippen LogP contribution in [-0.2, 0) is 6.42 Å². The zero-order chi connectivity index (χ0) is 8.97.